The fraction of sp³-hybridized carbons (Fsp3) is 0.379. The lowest BCUT2D eigenvalue weighted by Crippen LogP contribution is -2.68. The lowest BCUT2D eigenvalue weighted by molar-refractivity contribution is -0.0914. The molecule has 2 unspecified atom stereocenters. The van der Waals surface area contributed by atoms with Gasteiger partial charge in [0.15, 0.2) is 6.29 Å². The van der Waals surface area contributed by atoms with Crippen molar-refractivity contribution in [2.75, 3.05) is 13.2 Å². The van der Waals surface area contributed by atoms with E-state index in [1.807, 2.05) is 18.2 Å². The summed E-state index contributed by atoms with van der Waals surface area (Å²) < 4.78 is 25.9. The standard InChI is InChI=1S/C29H34O4Si/c1-29(2,3)34(23-15-9-5-10-16-23,24-17-11-6-12-18-24)33-26-21-32-28-27(26)25(20-31-28)30-19-22-13-7-4-8-14-22/h4-18,25-28H,19-21H2,1-3H3/t25-,26-,27?,28?/m0/s1. The maximum absolute atomic E-state index is 7.39. The van der Waals surface area contributed by atoms with Gasteiger partial charge in [0, 0.05) is 0 Å². The molecular weight excluding hydrogens is 440 g/mol. The van der Waals surface area contributed by atoms with E-state index in [0.29, 0.717) is 19.8 Å². The first-order valence-electron chi connectivity index (χ1n) is 12.2. The van der Waals surface area contributed by atoms with Crippen LogP contribution in [0.2, 0.25) is 5.04 Å². The highest BCUT2D eigenvalue weighted by atomic mass is 28.4. The first kappa shape index (κ1) is 23.5. The van der Waals surface area contributed by atoms with Crippen LogP contribution in [-0.4, -0.2) is 40.0 Å². The SMILES string of the molecule is CC(C)(C)[Si](O[C@H]1COC2OC[C@H](OCc3ccccc3)C21)(c1ccccc1)c1ccccc1. The molecule has 0 aromatic heterocycles. The Balaban J connectivity index is 1.47. The molecule has 0 spiro atoms. The molecule has 0 aliphatic carbocycles. The third kappa shape index (κ3) is 4.39. The van der Waals surface area contributed by atoms with Crippen LogP contribution in [0.25, 0.3) is 0 Å². The average Bonchev–Trinajstić information content (AvgIpc) is 3.45. The number of fused-ring (bicyclic) bond motifs is 1. The van der Waals surface area contributed by atoms with E-state index in [4.69, 9.17) is 18.6 Å². The average molecular weight is 475 g/mol. The summed E-state index contributed by atoms with van der Waals surface area (Å²) in [6.45, 7) is 8.53. The van der Waals surface area contributed by atoms with Crippen LogP contribution >= 0.6 is 0 Å². The fourth-order valence-corrected chi connectivity index (χ4v) is 10.1. The number of hydrogen-bond acceptors (Lipinski definition) is 4. The second kappa shape index (κ2) is 9.76. The van der Waals surface area contributed by atoms with E-state index < -0.39 is 8.32 Å². The van der Waals surface area contributed by atoms with Crippen LogP contribution in [0.15, 0.2) is 91.0 Å². The summed E-state index contributed by atoms with van der Waals surface area (Å²) in [5.74, 6) is 0.0466. The van der Waals surface area contributed by atoms with Gasteiger partial charge in [0.25, 0.3) is 8.32 Å². The quantitative estimate of drug-likeness (QED) is 0.472. The Kier molecular flexibility index (Phi) is 6.73. The van der Waals surface area contributed by atoms with Gasteiger partial charge < -0.3 is 18.6 Å². The highest BCUT2D eigenvalue weighted by Gasteiger charge is 2.56. The third-order valence-corrected chi connectivity index (χ3v) is 12.1. The minimum atomic E-state index is -2.68. The highest BCUT2D eigenvalue weighted by molar-refractivity contribution is 6.99. The minimum Gasteiger partial charge on any atom is -0.402 e. The van der Waals surface area contributed by atoms with Crippen molar-refractivity contribution in [1.82, 2.24) is 0 Å². The molecule has 5 heteroatoms. The summed E-state index contributed by atoms with van der Waals surface area (Å²) in [7, 11) is -2.68. The molecule has 0 radical (unpaired) electrons. The predicted molar refractivity (Wildman–Crippen MR) is 137 cm³/mol. The second-order valence-electron chi connectivity index (χ2n) is 10.3. The van der Waals surface area contributed by atoms with Gasteiger partial charge in [-0.1, -0.05) is 112 Å². The zero-order valence-electron chi connectivity index (χ0n) is 20.2. The fourth-order valence-electron chi connectivity index (χ4n) is 5.43. The third-order valence-electron chi connectivity index (χ3n) is 7.07. The monoisotopic (exact) mass is 474 g/mol. The Bertz CT molecular complexity index is 1010. The number of hydrogen-bond donors (Lipinski definition) is 0. The minimum absolute atomic E-state index is 0.0466. The van der Waals surface area contributed by atoms with Crippen LogP contribution in [0.4, 0.5) is 0 Å². The number of ether oxygens (including phenoxy) is 3. The molecule has 0 saturated carbocycles. The first-order valence-corrected chi connectivity index (χ1v) is 14.1. The summed E-state index contributed by atoms with van der Waals surface area (Å²) in [5, 5.41) is 2.46. The topological polar surface area (TPSA) is 36.9 Å². The Morgan fingerprint density at radius 1 is 0.735 bits per heavy atom. The molecule has 2 heterocycles. The van der Waals surface area contributed by atoms with Crippen molar-refractivity contribution in [3.63, 3.8) is 0 Å². The summed E-state index contributed by atoms with van der Waals surface area (Å²) in [6, 6.07) is 31.8. The lowest BCUT2D eigenvalue weighted by atomic mass is 10.0. The molecule has 0 N–H and O–H groups in total. The van der Waals surface area contributed by atoms with Gasteiger partial charge in [-0.2, -0.15) is 0 Å². The van der Waals surface area contributed by atoms with Crippen LogP contribution in [0.3, 0.4) is 0 Å². The van der Waals surface area contributed by atoms with Crippen molar-refractivity contribution in [3.8, 4) is 0 Å². The van der Waals surface area contributed by atoms with Gasteiger partial charge >= 0.3 is 0 Å². The summed E-state index contributed by atoms with van der Waals surface area (Å²) >= 11 is 0. The maximum Gasteiger partial charge on any atom is 0.261 e. The molecule has 0 bridgehead atoms. The molecule has 178 valence electrons. The molecule has 4 atom stereocenters. The van der Waals surface area contributed by atoms with E-state index >= 15 is 0 Å². The van der Waals surface area contributed by atoms with Crippen LogP contribution in [0.1, 0.15) is 26.3 Å². The van der Waals surface area contributed by atoms with Crippen molar-refractivity contribution in [3.05, 3.63) is 96.6 Å². The predicted octanol–water partition coefficient (Wildman–Crippen LogP) is 4.52. The molecule has 2 aliphatic rings. The zero-order valence-corrected chi connectivity index (χ0v) is 21.2. The van der Waals surface area contributed by atoms with E-state index in [9.17, 15) is 0 Å². The van der Waals surface area contributed by atoms with Gasteiger partial charge in [0.1, 0.15) is 0 Å². The van der Waals surface area contributed by atoms with Crippen molar-refractivity contribution >= 4 is 18.7 Å². The van der Waals surface area contributed by atoms with Gasteiger partial charge in [-0.05, 0) is 21.0 Å². The van der Waals surface area contributed by atoms with Gasteiger partial charge in [-0.3, -0.25) is 0 Å². The van der Waals surface area contributed by atoms with Crippen molar-refractivity contribution in [1.29, 1.82) is 0 Å². The summed E-state index contributed by atoms with van der Waals surface area (Å²) in [6.07, 6.45) is -0.431. The largest absolute Gasteiger partial charge is 0.402 e. The second-order valence-corrected chi connectivity index (χ2v) is 14.5. The van der Waals surface area contributed by atoms with Crippen LogP contribution in [0.5, 0.6) is 0 Å². The Morgan fingerprint density at radius 2 is 1.24 bits per heavy atom. The molecule has 2 saturated heterocycles. The van der Waals surface area contributed by atoms with Gasteiger partial charge in [-0.15, -0.1) is 0 Å². The van der Waals surface area contributed by atoms with Crippen LogP contribution < -0.4 is 10.4 Å². The van der Waals surface area contributed by atoms with E-state index in [1.54, 1.807) is 0 Å². The van der Waals surface area contributed by atoms with E-state index in [0.717, 1.165) is 5.56 Å². The summed E-state index contributed by atoms with van der Waals surface area (Å²) in [4.78, 5) is 0. The van der Waals surface area contributed by atoms with Crippen molar-refractivity contribution in [2.24, 2.45) is 5.92 Å². The lowest BCUT2D eigenvalue weighted by Gasteiger charge is -2.45. The number of rotatable bonds is 7. The number of benzene rings is 3. The molecule has 4 nitrogen and oxygen atoms in total. The first-order chi connectivity index (χ1) is 16.5. The van der Waals surface area contributed by atoms with Gasteiger partial charge in [-0.25, -0.2) is 0 Å². The van der Waals surface area contributed by atoms with Crippen molar-refractivity contribution < 1.29 is 18.6 Å². The molecular formula is C29H34O4Si. The van der Waals surface area contributed by atoms with Crippen LogP contribution in [0, 0.1) is 5.92 Å². The Morgan fingerprint density at radius 3 is 1.76 bits per heavy atom. The molecule has 2 aliphatic heterocycles. The molecule has 3 aromatic carbocycles. The molecule has 34 heavy (non-hydrogen) atoms. The molecule has 3 aromatic rings. The molecule has 0 amide bonds. The highest BCUT2D eigenvalue weighted by Crippen LogP contribution is 2.42. The molecule has 2 fully saturated rings. The van der Waals surface area contributed by atoms with Crippen molar-refractivity contribution in [2.45, 2.75) is 50.9 Å². The van der Waals surface area contributed by atoms with E-state index in [1.165, 1.54) is 10.4 Å². The maximum atomic E-state index is 7.39. The summed E-state index contributed by atoms with van der Waals surface area (Å²) in [5.41, 5.74) is 1.16. The molecule has 5 rings (SSSR count). The van der Waals surface area contributed by atoms with E-state index in [-0.39, 0.29) is 29.5 Å². The van der Waals surface area contributed by atoms with Crippen LogP contribution in [-0.2, 0) is 25.2 Å². The van der Waals surface area contributed by atoms with Gasteiger partial charge in [0.05, 0.1) is 37.9 Å². The smallest absolute Gasteiger partial charge is 0.261 e. The van der Waals surface area contributed by atoms with Gasteiger partial charge in [0.2, 0.25) is 0 Å². The Hall–Kier alpha value is -2.28. The zero-order chi connectivity index (χ0) is 23.6. The van der Waals surface area contributed by atoms with E-state index in [2.05, 4.69) is 93.6 Å². The Labute approximate surface area is 204 Å². The normalized spacial score (nSPS) is 24.8.